The molecule has 6 nitrogen and oxygen atoms in total. The molecule has 24 heavy (non-hydrogen) atoms. The van der Waals surface area contributed by atoms with E-state index in [1.165, 1.54) is 18.4 Å². The molecule has 1 heterocycles. The third kappa shape index (κ3) is 3.56. The Balaban J connectivity index is 1.77. The molecule has 0 fully saturated rings. The maximum absolute atomic E-state index is 12.3. The summed E-state index contributed by atoms with van der Waals surface area (Å²) in [5.74, 6) is 0.000575. The Morgan fingerprint density at radius 2 is 1.96 bits per heavy atom. The van der Waals surface area contributed by atoms with Crippen LogP contribution in [-0.2, 0) is 14.8 Å². The second-order valence-electron chi connectivity index (χ2n) is 5.69. The van der Waals surface area contributed by atoms with Crippen LogP contribution in [0.1, 0.15) is 31.6 Å². The highest BCUT2D eigenvalue weighted by molar-refractivity contribution is 7.90. The fourth-order valence-corrected chi connectivity index (χ4v) is 3.58. The number of hydrogen-bond acceptors (Lipinski definition) is 5. The van der Waals surface area contributed by atoms with E-state index in [-0.39, 0.29) is 4.90 Å². The molecule has 0 radical (unpaired) electrons. The molecule has 0 atom stereocenters. The first-order chi connectivity index (χ1) is 11.5. The molecule has 3 rings (SSSR count). The molecule has 0 saturated heterocycles. The normalized spacial score (nSPS) is 15.0. The number of sulfonamides is 1. The summed E-state index contributed by atoms with van der Waals surface area (Å²) in [6.45, 7) is 1.73. The van der Waals surface area contributed by atoms with Gasteiger partial charge in [0.25, 0.3) is 15.9 Å². The summed E-state index contributed by atoms with van der Waals surface area (Å²) >= 11 is 0. The average molecular weight is 346 g/mol. The fraction of sp³-hybridized carbons (Fsp3) is 0.294. The van der Waals surface area contributed by atoms with Crippen LogP contribution in [0.4, 0.5) is 0 Å². The second kappa shape index (κ2) is 6.60. The molecular formula is C17H18N2O4S. The van der Waals surface area contributed by atoms with Gasteiger partial charge in [-0.05, 0) is 37.8 Å². The van der Waals surface area contributed by atoms with Gasteiger partial charge in [0.2, 0.25) is 0 Å². The lowest BCUT2D eigenvalue weighted by atomic mass is 9.99. The monoisotopic (exact) mass is 346 g/mol. The van der Waals surface area contributed by atoms with Crippen LogP contribution in [0.2, 0.25) is 0 Å². The van der Waals surface area contributed by atoms with E-state index in [2.05, 4.69) is 9.71 Å². The van der Waals surface area contributed by atoms with Crippen LogP contribution in [0.3, 0.4) is 0 Å². The molecule has 126 valence electrons. The second-order valence-corrected chi connectivity index (χ2v) is 7.37. The van der Waals surface area contributed by atoms with Crippen molar-refractivity contribution < 1.29 is 17.6 Å². The zero-order valence-corrected chi connectivity index (χ0v) is 14.1. The molecule has 1 N–H and O–H groups in total. The van der Waals surface area contributed by atoms with E-state index in [9.17, 15) is 13.2 Å². The lowest BCUT2D eigenvalue weighted by Crippen LogP contribution is -2.32. The lowest BCUT2D eigenvalue weighted by molar-refractivity contribution is -0.116. The summed E-state index contributed by atoms with van der Waals surface area (Å²) in [6, 6.07) is 6.17. The average Bonchev–Trinajstić information content (AvgIpc) is 3.02. The minimum absolute atomic E-state index is 0.0382. The Labute approximate surface area is 140 Å². The summed E-state index contributed by atoms with van der Waals surface area (Å²) < 4.78 is 32.0. The number of hydrogen-bond donors (Lipinski definition) is 1. The summed E-state index contributed by atoms with van der Waals surface area (Å²) in [7, 11) is -3.89. The first-order valence-electron chi connectivity index (χ1n) is 7.74. The Bertz CT molecular complexity index is 880. The first kappa shape index (κ1) is 16.4. The van der Waals surface area contributed by atoms with Gasteiger partial charge >= 0.3 is 0 Å². The zero-order chi connectivity index (χ0) is 17.2. The summed E-state index contributed by atoms with van der Waals surface area (Å²) in [6.07, 6.45) is 6.69. The van der Waals surface area contributed by atoms with E-state index in [1.54, 1.807) is 19.1 Å². The van der Waals surface area contributed by atoms with E-state index < -0.39 is 15.9 Å². The highest BCUT2D eigenvalue weighted by Gasteiger charge is 2.21. The molecular weight excluding hydrogens is 328 g/mol. The number of nitrogens with one attached hydrogen (secondary N) is 1. The first-order valence-corrected chi connectivity index (χ1v) is 9.23. The van der Waals surface area contributed by atoms with Crippen molar-refractivity contribution in [1.82, 2.24) is 9.71 Å². The Morgan fingerprint density at radius 1 is 1.21 bits per heavy atom. The minimum Gasteiger partial charge on any atom is -0.449 e. The molecule has 0 spiro atoms. The van der Waals surface area contributed by atoms with E-state index >= 15 is 0 Å². The van der Waals surface area contributed by atoms with Gasteiger partial charge in [0.15, 0.2) is 5.89 Å². The van der Waals surface area contributed by atoms with Gasteiger partial charge in [-0.1, -0.05) is 18.2 Å². The van der Waals surface area contributed by atoms with Crippen molar-refractivity contribution in [2.75, 3.05) is 0 Å². The van der Waals surface area contributed by atoms with Gasteiger partial charge in [0.05, 0.1) is 4.90 Å². The SMILES string of the molecule is Cc1nc(-c2ccc(S(=O)(=O)NC(=O)C3=CCCCC3)cc2)co1. The number of allylic oxidation sites excluding steroid dienone is 1. The van der Waals surface area contributed by atoms with Gasteiger partial charge in [0, 0.05) is 18.1 Å². The van der Waals surface area contributed by atoms with Gasteiger partial charge < -0.3 is 4.42 Å². The van der Waals surface area contributed by atoms with Crippen molar-refractivity contribution in [2.24, 2.45) is 0 Å². The summed E-state index contributed by atoms with van der Waals surface area (Å²) in [5, 5.41) is 0. The Hall–Kier alpha value is -2.41. The number of amides is 1. The topological polar surface area (TPSA) is 89.3 Å². The van der Waals surface area contributed by atoms with Crippen LogP contribution < -0.4 is 4.72 Å². The molecule has 1 amide bonds. The van der Waals surface area contributed by atoms with Gasteiger partial charge in [-0.2, -0.15) is 0 Å². The van der Waals surface area contributed by atoms with Crippen molar-refractivity contribution in [3.8, 4) is 11.3 Å². The van der Waals surface area contributed by atoms with E-state index in [1.807, 2.05) is 6.08 Å². The number of carbonyl (C=O) groups excluding carboxylic acids is 1. The van der Waals surface area contributed by atoms with Crippen LogP contribution in [0, 0.1) is 6.92 Å². The quantitative estimate of drug-likeness (QED) is 0.919. The molecule has 1 aliphatic rings. The highest BCUT2D eigenvalue weighted by atomic mass is 32.2. The van der Waals surface area contributed by atoms with Gasteiger partial charge in [0.1, 0.15) is 12.0 Å². The van der Waals surface area contributed by atoms with Crippen molar-refractivity contribution in [1.29, 1.82) is 0 Å². The molecule has 1 aliphatic carbocycles. The number of carbonyl (C=O) groups is 1. The van der Waals surface area contributed by atoms with E-state index in [0.29, 0.717) is 23.6 Å². The van der Waals surface area contributed by atoms with Gasteiger partial charge in [-0.3, -0.25) is 4.79 Å². The van der Waals surface area contributed by atoms with E-state index in [0.717, 1.165) is 24.8 Å². The number of benzene rings is 1. The molecule has 1 aromatic carbocycles. The predicted octanol–water partition coefficient (Wildman–Crippen LogP) is 2.96. The number of rotatable bonds is 4. The molecule has 0 saturated carbocycles. The van der Waals surface area contributed by atoms with Crippen LogP contribution in [-0.4, -0.2) is 19.3 Å². The number of aromatic nitrogens is 1. The smallest absolute Gasteiger partial charge is 0.264 e. The van der Waals surface area contributed by atoms with E-state index in [4.69, 9.17) is 4.42 Å². The number of oxazole rings is 1. The zero-order valence-electron chi connectivity index (χ0n) is 13.3. The van der Waals surface area contributed by atoms with Gasteiger partial charge in [-0.25, -0.2) is 18.1 Å². The molecule has 0 aliphatic heterocycles. The third-order valence-electron chi connectivity index (χ3n) is 3.89. The largest absolute Gasteiger partial charge is 0.449 e. The van der Waals surface area contributed by atoms with Gasteiger partial charge in [-0.15, -0.1) is 0 Å². The molecule has 0 bridgehead atoms. The molecule has 0 unspecified atom stereocenters. The van der Waals surface area contributed by atoms with Crippen molar-refractivity contribution in [2.45, 2.75) is 37.5 Å². The number of nitrogens with zero attached hydrogens (tertiary/aromatic N) is 1. The Kier molecular flexibility index (Phi) is 4.53. The third-order valence-corrected chi connectivity index (χ3v) is 5.24. The fourth-order valence-electron chi connectivity index (χ4n) is 2.59. The van der Waals surface area contributed by atoms with Crippen LogP contribution in [0.5, 0.6) is 0 Å². The summed E-state index contributed by atoms with van der Waals surface area (Å²) in [4.78, 5) is 16.3. The van der Waals surface area contributed by atoms with Crippen molar-refractivity contribution >= 4 is 15.9 Å². The summed E-state index contributed by atoms with van der Waals surface area (Å²) in [5.41, 5.74) is 1.92. The Morgan fingerprint density at radius 3 is 2.54 bits per heavy atom. The van der Waals surface area contributed by atoms with Crippen molar-refractivity contribution in [3.63, 3.8) is 0 Å². The molecule has 2 aromatic rings. The number of aryl methyl sites for hydroxylation is 1. The van der Waals surface area contributed by atoms with Crippen LogP contribution in [0.25, 0.3) is 11.3 Å². The lowest BCUT2D eigenvalue weighted by Gasteiger charge is -2.13. The van der Waals surface area contributed by atoms with Crippen LogP contribution >= 0.6 is 0 Å². The minimum atomic E-state index is -3.89. The highest BCUT2D eigenvalue weighted by Crippen LogP contribution is 2.22. The maximum atomic E-state index is 12.3. The van der Waals surface area contributed by atoms with Crippen LogP contribution in [0.15, 0.2) is 51.5 Å². The maximum Gasteiger partial charge on any atom is 0.264 e. The van der Waals surface area contributed by atoms with Crippen molar-refractivity contribution in [3.05, 3.63) is 48.1 Å². The molecule has 1 aromatic heterocycles. The molecule has 7 heteroatoms. The standard InChI is InChI=1S/C17H18N2O4S/c1-12-18-16(11-23-12)13-7-9-15(10-8-13)24(21,22)19-17(20)14-5-3-2-4-6-14/h5,7-11H,2-4,6H2,1H3,(H,19,20). The predicted molar refractivity (Wildman–Crippen MR) is 88.6 cm³/mol.